The van der Waals surface area contributed by atoms with Crippen LogP contribution in [-0.4, -0.2) is 35.3 Å². The molecule has 3 aromatic rings. The quantitative estimate of drug-likeness (QED) is 0.752. The number of carboxylic acid groups (broad SMARTS) is 1. The van der Waals surface area contributed by atoms with Gasteiger partial charge in [0.1, 0.15) is 0 Å². The van der Waals surface area contributed by atoms with E-state index in [1.54, 1.807) is 12.5 Å². The van der Waals surface area contributed by atoms with Crippen molar-refractivity contribution in [1.82, 2.24) is 4.90 Å². The fourth-order valence-electron chi connectivity index (χ4n) is 3.66. The van der Waals surface area contributed by atoms with Crippen LogP contribution in [0.4, 0.5) is 4.79 Å². The molecule has 2 atom stereocenters. The minimum Gasteiger partial charge on any atom is -0.472 e. The molecule has 5 nitrogen and oxygen atoms in total. The van der Waals surface area contributed by atoms with Gasteiger partial charge in [-0.15, -0.1) is 0 Å². The second-order valence-electron chi connectivity index (χ2n) is 6.71. The molecule has 1 N–H and O–H groups in total. The van der Waals surface area contributed by atoms with Crippen molar-refractivity contribution >= 4 is 16.9 Å². The summed E-state index contributed by atoms with van der Waals surface area (Å²) in [7, 11) is 0. The van der Waals surface area contributed by atoms with Crippen LogP contribution in [0.15, 0.2) is 65.5 Å². The summed E-state index contributed by atoms with van der Waals surface area (Å²) in [6, 6.07) is 16.4. The van der Waals surface area contributed by atoms with Crippen molar-refractivity contribution in [1.29, 1.82) is 0 Å². The van der Waals surface area contributed by atoms with Gasteiger partial charge in [-0.3, -0.25) is 0 Å². The summed E-state index contributed by atoms with van der Waals surface area (Å²) in [6.45, 7) is 1.34. The molecule has 26 heavy (non-hydrogen) atoms. The molecule has 0 saturated carbocycles. The molecule has 5 heteroatoms. The van der Waals surface area contributed by atoms with Gasteiger partial charge in [-0.2, -0.15) is 0 Å². The first-order chi connectivity index (χ1) is 12.7. The van der Waals surface area contributed by atoms with Gasteiger partial charge < -0.3 is 19.2 Å². The zero-order valence-corrected chi connectivity index (χ0v) is 14.4. The van der Waals surface area contributed by atoms with Crippen LogP contribution in [0.25, 0.3) is 10.8 Å². The lowest BCUT2D eigenvalue weighted by Gasteiger charge is -2.36. The summed E-state index contributed by atoms with van der Waals surface area (Å²) >= 11 is 0. The first-order valence-corrected chi connectivity index (χ1v) is 8.80. The number of amides is 1. The first kappa shape index (κ1) is 16.7. The van der Waals surface area contributed by atoms with Gasteiger partial charge >= 0.3 is 6.09 Å². The summed E-state index contributed by atoms with van der Waals surface area (Å²) in [5.74, 6) is 0.143. The molecule has 1 aliphatic heterocycles. The van der Waals surface area contributed by atoms with Gasteiger partial charge in [-0.1, -0.05) is 36.4 Å². The van der Waals surface area contributed by atoms with Gasteiger partial charge in [0.05, 0.1) is 31.8 Å². The lowest BCUT2D eigenvalue weighted by molar-refractivity contribution is -0.0200. The number of benzene rings is 2. The summed E-state index contributed by atoms with van der Waals surface area (Å²) in [5.41, 5.74) is 2.15. The molecular weight excluding hydrogens is 330 g/mol. The number of rotatable bonds is 4. The molecule has 0 radical (unpaired) electrons. The molecule has 2 unspecified atom stereocenters. The molecule has 0 bridgehead atoms. The number of furan rings is 1. The van der Waals surface area contributed by atoms with Gasteiger partial charge in [0.25, 0.3) is 0 Å². The number of carbonyl (C=O) groups is 1. The van der Waals surface area contributed by atoms with E-state index in [-0.39, 0.29) is 12.0 Å². The fraction of sp³-hybridized carbons (Fsp3) is 0.286. The maximum atomic E-state index is 11.4. The fourth-order valence-corrected chi connectivity index (χ4v) is 3.66. The van der Waals surface area contributed by atoms with Crippen molar-refractivity contribution in [2.45, 2.75) is 25.0 Å². The Morgan fingerprint density at radius 2 is 2.04 bits per heavy atom. The molecule has 4 rings (SSSR count). The smallest absolute Gasteiger partial charge is 0.407 e. The minimum atomic E-state index is -0.894. The summed E-state index contributed by atoms with van der Waals surface area (Å²) in [6.07, 6.45) is 3.03. The van der Waals surface area contributed by atoms with Gasteiger partial charge in [-0.05, 0) is 40.5 Å². The predicted octanol–water partition coefficient (Wildman–Crippen LogP) is 4.49. The number of ether oxygens (including phenoxy) is 1. The Bertz CT molecular complexity index is 890. The normalized spacial score (nSPS) is 20.4. The average Bonchev–Trinajstić information content (AvgIpc) is 3.20. The highest BCUT2D eigenvalue weighted by atomic mass is 16.5. The third-order valence-electron chi connectivity index (χ3n) is 5.08. The second kappa shape index (κ2) is 7.22. The molecule has 1 amide bonds. The van der Waals surface area contributed by atoms with Crippen LogP contribution < -0.4 is 0 Å². The van der Waals surface area contributed by atoms with Crippen molar-refractivity contribution in [3.63, 3.8) is 0 Å². The van der Waals surface area contributed by atoms with Gasteiger partial charge in [0, 0.05) is 12.5 Å². The molecular formula is C21H21NO4. The highest BCUT2D eigenvalue weighted by molar-refractivity contribution is 5.82. The van der Waals surface area contributed by atoms with Crippen LogP contribution in [0.1, 0.15) is 23.5 Å². The number of fused-ring (bicyclic) bond motifs is 1. The molecule has 1 saturated heterocycles. The highest BCUT2D eigenvalue weighted by Crippen LogP contribution is 2.31. The first-order valence-electron chi connectivity index (χ1n) is 8.80. The van der Waals surface area contributed by atoms with E-state index in [4.69, 9.17) is 9.15 Å². The molecule has 1 aliphatic rings. The van der Waals surface area contributed by atoms with Crippen molar-refractivity contribution in [3.05, 3.63) is 72.2 Å². The Morgan fingerprint density at radius 1 is 1.19 bits per heavy atom. The lowest BCUT2D eigenvalue weighted by atomic mass is 9.88. The molecule has 2 aromatic carbocycles. The Morgan fingerprint density at radius 3 is 2.81 bits per heavy atom. The van der Waals surface area contributed by atoms with Crippen LogP contribution in [0.5, 0.6) is 0 Å². The second-order valence-corrected chi connectivity index (χ2v) is 6.71. The van der Waals surface area contributed by atoms with Crippen LogP contribution >= 0.6 is 0 Å². The Hall–Kier alpha value is -2.79. The van der Waals surface area contributed by atoms with Gasteiger partial charge in [-0.25, -0.2) is 4.79 Å². The zero-order valence-electron chi connectivity index (χ0n) is 14.4. The van der Waals surface area contributed by atoms with E-state index in [2.05, 4.69) is 30.3 Å². The predicted molar refractivity (Wildman–Crippen MR) is 98.2 cm³/mol. The monoisotopic (exact) mass is 351 g/mol. The minimum absolute atomic E-state index is 0.143. The Kier molecular flexibility index (Phi) is 4.63. The number of piperidine rings is 1. The average molecular weight is 351 g/mol. The van der Waals surface area contributed by atoms with Crippen LogP contribution in [0, 0.1) is 0 Å². The molecule has 1 aromatic heterocycles. The van der Waals surface area contributed by atoms with Crippen molar-refractivity contribution in [2.24, 2.45) is 0 Å². The van der Waals surface area contributed by atoms with E-state index < -0.39 is 6.09 Å². The molecule has 134 valence electrons. The van der Waals surface area contributed by atoms with E-state index in [9.17, 15) is 9.90 Å². The topological polar surface area (TPSA) is 62.9 Å². The summed E-state index contributed by atoms with van der Waals surface area (Å²) < 4.78 is 11.4. The molecule has 1 fully saturated rings. The molecule has 0 aliphatic carbocycles. The maximum Gasteiger partial charge on any atom is 0.407 e. The number of hydrogen-bond donors (Lipinski definition) is 1. The largest absolute Gasteiger partial charge is 0.472 e. The Labute approximate surface area is 151 Å². The maximum absolute atomic E-state index is 11.4. The Balaban J connectivity index is 1.51. The highest BCUT2D eigenvalue weighted by Gasteiger charge is 2.33. The van der Waals surface area contributed by atoms with Crippen LogP contribution in [0.2, 0.25) is 0 Å². The van der Waals surface area contributed by atoms with Crippen molar-refractivity contribution in [3.8, 4) is 0 Å². The van der Waals surface area contributed by atoms with Crippen LogP contribution in [-0.2, 0) is 11.3 Å². The number of nitrogens with zero attached hydrogens (tertiary/aromatic N) is 1. The summed E-state index contributed by atoms with van der Waals surface area (Å²) in [4.78, 5) is 12.8. The molecule has 2 heterocycles. The SMILES string of the molecule is O=C(O)N1CCC(c2ccoc2)C(OCc2ccc3ccccc3c2)C1. The van der Waals surface area contributed by atoms with E-state index >= 15 is 0 Å². The zero-order chi connectivity index (χ0) is 17.9. The third-order valence-corrected chi connectivity index (χ3v) is 5.08. The van der Waals surface area contributed by atoms with Crippen LogP contribution in [0.3, 0.4) is 0 Å². The third kappa shape index (κ3) is 3.44. The molecule has 0 spiro atoms. The van der Waals surface area contributed by atoms with E-state index in [1.165, 1.54) is 15.7 Å². The van der Waals surface area contributed by atoms with Gasteiger partial charge in [0.2, 0.25) is 0 Å². The van der Waals surface area contributed by atoms with E-state index in [0.29, 0.717) is 19.7 Å². The standard InChI is InChI=1S/C21H21NO4/c23-21(24)22-9-7-19(18-8-10-25-14-18)20(12-22)26-13-15-5-6-16-3-1-2-4-17(16)11-15/h1-6,8,10-11,14,19-20H,7,9,12-13H2,(H,23,24). The van der Waals surface area contributed by atoms with Crippen molar-refractivity contribution < 1.29 is 19.1 Å². The number of hydrogen-bond acceptors (Lipinski definition) is 3. The lowest BCUT2D eigenvalue weighted by Crippen LogP contribution is -2.46. The number of likely N-dealkylation sites (tertiary alicyclic amines) is 1. The van der Waals surface area contributed by atoms with Crippen molar-refractivity contribution in [2.75, 3.05) is 13.1 Å². The van der Waals surface area contributed by atoms with Gasteiger partial charge in [0.15, 0.2) is 0 Å². The summed E-state index contributed by atoms with van der Waals surface area (Å²) in [5, 5.41) is 11.7. The van der Waals surface area contributed by atoms with E-state index in [1.807, 2.05) is 18.2 Å². The van der Waals surface area contributed by atoms with E-state index in [0.717, 1.165) is 17.5 Å².